The number of carboxylic acid groups (broad SMARTS) is 1. The molecule has 6 nitrogen and oxygen atoms in total. The van der Waals surface area contributed by atoms with Crippen molar-refractivity contribution in [1.29, 1.82) is 0 Å². The summed E-state index contributed by atoms with van der Waals surface area (Å²) in [4.78, 5) is 28.1. The summed E-state index contributed by atoms with van der Waals surface area (Å²) >= 11 is 1.28. The van der Waals surface area contributed by atoms with Gasteiger partial charge in [-0.2, -0.15) is 0 Å². The molecule has 7 heteroatoms. The van der Waals surface area contributed by atoms with Crippen LogP contribution in [0.2, 0.25) is 0 Å². The Balaban J connectivity index is 2.32. The average molecular weight is 323 g/mol. The minimum absolute atomic E-state index is 0.00702. The number of rotatable bonds is 7. The number of methoxy groups -OCH3 is 2. The second kappa shape index (κ2) is 6.74. The molecular weight excluding hydrogens is 306 g/mol. The number of thiophene rings is 1. The zero-order valence-electron chi connectivity index (χ0n) is 12.6. The number of hydrogen-bond acceptors (Lipinski definition) is 6. The Morgan fingerprint density at radius 3 is 2.59 bits per heavy atom. The SMILES string of the molecule is CC[C@H](CC(=O)c1cc2nc(OC)c(OC)cc2s1)C(=O)O. The van der Waals surface area contributed by atoms with Crippen molar-refractivity contribution in [2.45, 2.75) is 19.8 Å². The molecule has 0 aliphatic carbocycles. The minimum atomic E-state index is -0.946. The fraction of sp³-hybridized carbons (Fsp3) is 0.400. The number of carbonyl (C=O) groups excluding carboxylic acids is 1. The van der Waals surface area contributed by atoms with E-state index in [0.29, 0.717) is 28.4 Å². The third kappa shape index (κ3) is 3.19. The molecule has 0 saturated carbocycles. The first-order valence-corrected chi connectivity index (χ1v) is 7.60. The molecule has 0 amide bonds. The molecule has 2 heterocycles. The molecule has 0 unspecified atom stereocenters. The molecule has 118 valence electrons. The highest BCUT2D eigenvalue weighted by Crippen LogP contribution is 2.34. The van der Waals surface area contributed by atoms with Crippen molar-refractivity contribution < 1.29 is 24.2 Å². The standard InChI is InChI=1S/C15H17NO5S/c1-4-8(15(18)19)5-10(17)13-6-9-12(22-13)7-11(20-2)14(16-9)21-3/h6-8H,4-5H2,1-3H3,(H,18,19)/t8-/m1/s1. The van der Waals surface area contributed by atoms with Gasteiger partial charge in [-0.25, -0.2) is 4.98 Å². The molecule has 2 aromatic rings. The quantitative estimate of drug-likeness (QED) is 0.788. The molecule has 2 aromatic heterocycles. The van der Waals surface area contributed by atoms with E-state index in [1.54, 1.807) is 19.1 Å². The van der Waals surface area contributed by atoms with Gasteiger partial charge in [0.2, 0.25) is 0 Å². The monoisotopic (exact) mass is 323 g/mol. The maximum absolute atomic E-state index is 12.3. The van der Waals surface area contributed by atoms with Gasteiger partial charge in [0.05, 0.1) is 35.2 Å². The van der Waals surface area contributed by atoms with Gasteiger partial charge in [-0.05, 0) is 12.5 Å². The lowest BCUT2D eigenvalue weighted by Gasteiger charge is -2.06. The Morgan fingerprint density at radius 2 is 2.05 bits per heavy atom. The number of fused-ring (bicyclic) bond motifs is 1. The number of carbonyl (C=O) groups is 2. The van der Waals surface area contributed by atoms with Gasteiger partial charge in [0, 0.05) is 12.5 Å². The van der Waals surface area contributed by atoms with Gasteiger partial charge < -0.3 is 14.6 Å². The maximum atomic E-state index is 12.3. The largest absolute Gasteiger partial charge is 0.491 e. The second-order valence-electron chi connectivity index (χ2n) is 4.76. The van der Waals surface area contributed by atoms with E-state index in [1.807, 2.05) is 0 Å². The first-order valence-electron chi connectivity index (χ1n) is 6.78. The van der Waals surface area contributed by atoms with Crippen LogP contribution in [0.4, 0.5) is 0 Å². The molecule has 0 spiro atoms. The predicted molar refractivity (Wildman–Crippen MR) is 83.1 cm³/mol. The number of aliphatic carboxylic acids is 1. The summed E-state index contributed by atoms with van der Waals surface area (Å²) in [6.45, 7) is 1.76. The molecule has 0 radical (unpaired) electrons. The molecule has 0 aliphatic heterocycles. The number of pyridine rings is 1. The zero-order chi connectivity index (χ0) is 16.3. The van der Waals surface area contributed by atoms with Gasteiger partial charge in [0.1, 0.15) is 0 Å². The van der Waals surface area contributed by atoms with E-state index in [0.717, 1.165) is 4.70 Å². The molecule has 0 aromatic carbocycles. The summed E-state index contributed by atoms with van der Waals surface area (Å²) in [5, 5.41) is 9.05. The van der Waals surface area contributed by atoms with Crippen LogP contribution in [0.5, 0.6) is 11.6 Å². The number of ketones is 1. The first kappa shape index (κ1) is 16.2. The van der Waals surface area contributed by atoms with E-state index in [9.17, 15) is 9.59 Å². The number of ether oxygens (including phenoxy) is 2. The van der Waals surface area contributed by atoms with Crippen LogP contribution in [0.25, 0.3) is 10.2 Å². The highest BCUT2D eigenvalue weighted by molar-refractivity contribution is 7.20. The molecule has 1 N–H and O–H groups in total. The summed E-state index contributed by atoms with van der Waals surface area (Å²) < 4.78 is 11.1. The van der Waals surface area contributed by atoms with Gasteiger partial charge in [0.25, 0.3) is 5.88 Å². The van der Waals surface area contributed by atoms with Crippen LogP contribution in [0, 0.1) is 5.92 Å². The van der Waals surface area contributed by atoms with Crippen molar-refractivity contribution >= 4 is 33.3 Å². The van der Waals surface area contributed by atoms with Gasteiger partial charge in [-0.1, -0.05) is 6.92 Å². The highest BCUT2D eigenvalue weighted by atomic mass is 32.1. The van der Waals surface area contributed by atoms with E-state index in [2.05, 4.69) is 4.98 Å². The number of hydrogen-bond donors (Lipinski definition) is 1. The number of nitrogens with zero attached hydrogens (tertiary/aromatic N) is 1. The smallest absolute Gasteiger partial charge is 0.306 e. The molecule has 0 aliphatic rings. The highest BCUT2D eigenvalue weighted by Gasteiger charge is 2.22. The number of aromatic nitrogens is 1. The number of Topliss-reactive ketones (excluding diaryl/α,β-unsaturated/α-hetero) is 1. The predicted octanol–water partition coefficient (Wildman–Crippen LogP) is 3.00. The van der Waals surface area contributed by atoms with Crippen molar-refractivity contribution in [3.05, 3.63) is 17.0 Å². The van der Waals surface area contributed by atoms with Crippen molar-refractivity contribution in [2.24, 2.45) is 5.92 Å². The second-order valence-corrected chi connectivity index (χ2v) is 5.85. The van der Waals surface area contributed by atoms with E-state index >= 15 is 0 Å². The fourth-order valence-corrected chi connectivity index (χ4v) is 3.07. The van der Waals surface area contributed by atoms with Gasteiger partial charge in [-0.3, -0.25) is 9.59 Å². The van der Waals surface area contributed by atoms with E-state index in [-0.39, 0.29) is 12.2 Å². The summed E-state index contributed by atoms with van der Waals surface area (Å²) in [5.41, 5.74) is 0.634. The average Bonchev–Trinajstić information content (AvgIpc) is 2.93. The number of carboxylic acids is 1. The molecule has 1 atom stereocenters. The van der Waals surface area contributed by atoms with Crippen LogP contribution in [0.1, 0.15) is 29.4 Å². The van der Waals surface area contributed by atoms with Crippen LogP contribution in [-0.4, -0.2) is 36.1 Å². The van der Waals surface area contributed by atoms with E-state index in [4.69, 9.17) is 14.6 Å². The summed E-state index contributed by atoms with van der Waals surface area (Å²) in [6, 6.07) is 3.43. The van der Waals surface area contributed by atoms with Crippen molar-refractivity contribution in [3.63, 3.8) is 0 Å². The lowest BCUT2D eigenvalue weighted by atomic mass is 9.99. The van der Waals surface area contributed by atoms with Crippen molar-refractivity contribution in [2.75, 3.05) is 14.2 Å². The maximum Gasteiger partial charge on any atom is 0.306 e. The fourth-order valence-electron chi connectivity index (χ4n) is 2.09. The van der Waals surface area contributed by atoms with Crippen LogP contribution in [0.3, 0.4) is 0 Å². The van der Waals surface area contributed by atoms with E-state index in [1.165, 1.54) is 25.6 Å². The Morgan fingerprint density at radius 1 is 1.32 bits per heavy atom. The van der Waals surface area contributed by atoms with Crippen LogP contribution >= 0.6 is 11.3 Å². The first-order chi connectivity index (χ1) is 10.5. The molecule has 2 rings (SSSR count). The van der Waals surface area contributed by atoms with Crippen LogP contribution < -0.4 is 9.47 Å². The zero-order valence-corrected chi connectivity index (χ0v) is 13.4. The Labute approximate surface area is 131 Å². The van der Waals surface area contributed by atoms with Crippen LogP contribution in [0.15, 0.2) is 12.1 Å². The van der Waals surface area contributed by atoms with Crippen molar-refractivity contribution in [3.8, 4) is 11.6 Å². The van der Waals surface area contributed by atoms with E-state index < -0.39 is 11.9 Å². The Kier molecular flexibility index (Phi) is 4.97. The summed E-state index contributed by atoms with van der Waals surface area (Å²) in [6.07, 6.45) is 0.415. The van der Waals surface area contributed by atoms with Crippen LogP contribution in [-0.2, 0) is 4.79 Å². The molecule has 0 saturated heterocycles. The molecule has 22 heavy (non-hydrogen) atoms. The third-order valence-electron chi connectivity index (χ3n) is 3.40. The lowest BCUT2D eigenvalue weighted by molar-refractivity contribution is -0.141. The summed E-state index contributed by atoms with van der Waals surface area (Å²) in [5.74, 6) is -0.944. The lowest BCUT2D eigenvalue weighted by Crippen LogP contribution is -2.16. The van der Waals surface area contributed by atoms with Gasteiger partial charge in [-0.15, -0.1) is 11.3 Å². The van der Waals surface area contributed by atoms with Gasteiger partial charge >= 0.3 is 5.97 Å². The van der Waals surface area contributed by atoms with Gasteiger partial charge in [0.15, 0.2) is 11.5 Å². The third-order valence-corrected chi connectivity index (χ3v) is 4.51. The summed E-state index contributed by atoms with van der Waals surface area (Å²) in [7, 11) is 3.01. The molecule has 0 bridgehead atoms. The molecule has 0 fully saturated rings. The normalized spacial score (nSPS) is 12.1. The van der Waals surface area contributed by atoms with Crippen molar-refractivity contribution in [1.82, 2.24) is 4.98 Å². The Hall–Kier alpha value is -2.15. The topological polar surface area (TPSA) is 85.7 Å². The minimum Gasteiger partial charge on any atom is -0.491 e. The Bertz CT molecular complexity index is 668. The molecular formula is C15H17NO5S.